The molecule has 1 aliphatic rings. The third-order valence-electron chi connectivity index (χ3n) is 4.00. The van der Waals surface area contributed by atoms with Gasteiger partial charge in [-0.15, -0.1) is 0 Å². The van der Waals surface area contributed by atoms with Crippen LogP contribution in [0, 0.1) is 0 Å². The van der Waals surface area contributed by atoms with Crippen LogP contribution in [0.2, 0.25) is 0 Å². The van der Waals surface area contributed by atoms with Gasteiger partial charge in [0.25, 0.3) is 5.91 Å². The van der Waals surface area contributed by atoms with Crippen molar-refractivity contribution in [1.29, 1.82) is 0 Å². The van der Waals surface area contributed by atoms with Crippen LogP contribution in [0.5, 0.6) is 0 Å². The van der Waals surface area contributed by atoms with Crippen molar-refractivity contribution in [2.45, 2.75) is 31.7 Å². The van der Waals surface area contributed by atoms with Crippen LogP contribution in [-0.4, -0.2) is 18.5 Å². The van der Waals surface area contributed by atoms with Crippen molar-refractivity contribution in [2.24, 2.45) is 0 Å². The Morgan fingerprint density at radius 3 is 2.96 bits per heavy atom. The standard InChI is InChI=1S/C18H19NO3S/c20-17(11-22-18(21)10-13-8-9-23-12-13)19-16-7-3-5-14-4-1-2-6-15(14)16/h1-2,4,6,8-9,12,16H,3,5,7,10-11H2,(H,19,20)/t16-/m0/s1. The van der Waals surface area contributed by atoms with Crippen molar-refractivity contribution in [3.8, 4) is 0 Å². The van der Waals surface area contributed by atoms with Crippen molar-refractivity contribution in [2.75, 3.05) is 6.61 Å². The SMILES string of the molecule is O=C(COC(=O)Cc1ccsc1)N[C@H]1CCCc2ccccc21. The van der Waals surface area contributed by atoms with Gasteiger partial charge in [0.1, 0.15) is 0 Å². The first kappa shape index (κ1) is 15.7. The molecule has 4 nitrogen and oxygen atoms in total. The van der Waals surface area contributed by atoms with Gasteiger partial charge in [0.2, 0.25) is 0 Å². The molecule has 0 aliphatic heterocycles. The van der Waals surface area contributed by atoms with Gasteiger partial charge in [0, 0.05) is 0 Å². The van der Waals surface area contributed by atoms with E-state index in [1.165, 1.54) is 22.5 Å². The zero-order valence-electron chi connectivity index (χ0n) is 12.8. The summed E-state index contributed by atoms with van der Waals surface area (Å²) < 4.78 is 5.06. The van der Waals surface area contributed by atoms with Crippen LogP contribution in [0.4, 0.5) is 0 Å². The van der Waals surface area contributed by atoms with E-state index in [1.807, 2.05) is 29.0 Å². The second-order valence-electron chi connectivity index (χ2n) is 5.68. The maximum atomic E-state index is 12.0. The molecule has 1 aromatic carbocycles. The van der Waals surface area contributed by atoms with Gasteiger partial charge >= 0.3 is 5.97 Å². The highest BCUT2D eigenvalue weighted by Crippen LogP contribution is 2.29. The third kappa shape index (κ3) is 4.20. The number of amides is 1. The summed E-state index contributed by atoms with van der Waals surface area (Å²) in [5, 5.41) is 6.79. The Balaban J connectivity index is 1.49. The van der Waals surface area contributed by atoms with Crippen molar-refractivity contribution in [1.82, 2.24) is 5.32 Å². The van der Waals surface area contributed by atoms with Gasteiger partial charge in [-0.25, -0.2) is 0 Å². The Hall–Kier alpha value is -2.14. The smallest absolute Gasteiger partial charge is 0.310 e. The highest BCUT2D eigenvalue weighted by molar-refractivity contribution is 7.07. The number of hydrogen-bond acceptors (Lipinski definition) is 4. The summed E-state index contributed by atoms with van der Waals surface area (Å²) in [6, 6.07) is 10.1. The number of thiophene rings is 1. The Bertz CT molecular complexity index is 681. The van der Waals surface area contributed by atoms with Crippen LogP contribution in [0.25, 0.3) is 0 Å². The van der Waals surface area contributed by atoms with E-state index in [-0.39, 0.29) is 30.9 Å². The van der Waals surface area contributed by atoms with Crippen LogP contribution in [0.3, 0.4) is 0 Å². The van der Waals surface area contributed by atoms with Gasteiger partial charge in [-0.05, 0) is 52.8 Å². The number of fused-ring (bicyclic) bond motifs is 1. The molecule has 120 valence electrons. The molecule has 2 aromatic rings. The fraction of sp³-hybridized carbons (Fsp3) is 0.333. The van der Waals surface area contributed by atoms with Gasteiger partial charge < -0.3 is 10.1 Å². The molecular formula is C18H19NO3S. The molecule has 23 heavy (non-hydrogen) atoms. The summed E-state index contributed by atoms with van der Waals surface area (Å²) >= 11 is 1.54. The number of nitrogens with one attached hydrogen (secondary N) is 1. The van der Waals surface area contributed by atoms with Gasteiger partial charge in [-0.1, -0.05) is 24.3 Å². The van der Waals surface area contributed by atoms with E-state index in [0.29, 0.717) is 0 Å². The van der Waals surface area contributed by atoms with Crippen molar-refractivity contribution >= 4 is 23.2 Å². The zero-order valence-corrected chi connectivity index (χ0v) is 13.6. The van der Waals surface area contributed by atoms with Crippen molar-refractivity contribution < 1.29 is 14.3 Å². The second kappa shape index (κ2) is 7.42. The number of hydrogen-bond donors (Lipinski definition) is 1. The molecule has 5 heteroatoms. The van der Waals surface area contributed by atoms with Crippen molar-refractivity contribution in [3.05, 3.63) is 57.8 Å². The van der Waals surface area contributed by atoms with Gasteiger partial charge in [0.15, 0.2) is 6.61 Å². The molecule has 0 unspecified atom stereocenters. The summed E-state index contributed by atoms with van der Waals surface area (Å²) in [6.45, 7) is -0.221. The number of ether oxygens (including phenoxy) is 1. The molecule has 0 fully saturated rings. The molecule has 0 saturated carbocycles. The van der Waals surface area contributed by atoms with E-state index in [0.717, 1.165) is 24.8 Å². The maximum absolute atomic E-state index is 12.0. The third-order valence-corrected chi connectivity index (χ3v) is 4.73. The largest absolute Gasteiger partial charge is 0.455 e. The number of benzene rings is 1. The van der Waals surface area contributed by atoms with Gasteiger partial charge in [-0.3, -0.25) is 9.59 Å². The zero-order chi connectivity index (χ0) is 16.1. The average molecular weight is 329 g/mol. The molecule has 1 N–H and O–H groups in total. The molecular weight excluding hydrogens is 310 g/mol. The molecule has 1 amide bonds. The van der Waals surface area contributed by atoms with E-state index in [2.05, 4.69) is 17.4 Å². The Morgan fingerprint density at radius 1 is 1.26 bits per heavy atom. The molecule has 1 heterocycles. The quantitative estimate of drug-likeness (QED) is 0.858. The second-order valence-corrected chi connectivity index (χ2v) is 6.46. The lowest BCUT2D eigenvalue weighted by molar-refractivity contribution is -0.148. The monoisotopic (exact) mass is 329 g/mol. The van der Waals surface area contributed by atoms with E-state index in [9.17, 15) is 9.59 Å². The summed E-state index contributed by atoms with van der Waals surface area (Å²) in [6.07, 6.45) is 3.24. The highest BCUT2D eigenvalue weighted by atomic mass is 32.1. The molecule has 0 spiro atoms. The van der Waals surface area contributed by atoms with Crippen LogP contribution in [-0.2, 0) is 27.2 Å². The summed E-state index contributed by atoms with van der Waals surface area (Å²) in [5.41, 5.74) is 3.39. The van der Waals surface area contributed by atoms with Crippen LogP contribution >= 0.6 is 11.3 Å². The van der Waals surface area contributed by atoms with E-state index in [4.69, 9.17) is 4.74 Å². The van der Waals surface area contributed by atoms with Crippen molar-refractivity contribution in [3.63, 3.8) is 0 Å². The predicted molar refractivity (Wildman–Crippen MR) is 89.2 cm³/mol. The number of carbonyl (C=O) groups excluding carboxylic acids is 2. The first-order valence-electron chi connectivity index (χ1n) is 7.76. The molecule has 3 rings (SSSR count). The lowest BCUT2D eigenvalue weighted by atomic mass is 9.88. The fourth-order valence-corrected chi connectivity index (χ4v) is 3.57. The number of carbonyl (C=O) groups is 2. The first-order valence-corrected chi connectivity index (χ1v) is 8.70. The minimum atomic E-state index is -0.373. The fourth-order valence-electron chi connectivity index (χ4n) is 2.90. The molecule has 1 atom stereocenters. The lowest BCUT2D eigenvalue weighted by Crippen LogP contribution is -2.34. The average Bonchev–Trinajstić information content (AvgIpc) is 3.06. The molecule has 0 bridgehead atoms. The molecule has 1 aliphatic carbocycles. The van der Waals surface area contributed by atoms with Crippen LogP contribution in [0.1, 0.15) is 35.6 Å². The number of rotatable bonds is 5. The van der Waals surface area contributed by atoms with E-state index < -0.39 is 0 Å². The van der Waals surface area contributed by atoms with Crippen LogP contribution in [0.15, 0.2) is 41.1 Å². The topological polar surface area (TPSA) is 55.4 Å². The number of aryl methyl sites for hydroxylation is 1. The highest BCUT2D eigenvalue weighted by Gasteiger charge is 2.21. The molecule has 0 saturated heterocycles. The van der Waals surface area contributed by atoms with Gasteiger partial charge in [0.05, 0.1) is 12.5 Å². The van der Waals surface area contributed by atoms with Gasteiger partial charge in [-0.2, -0.15) is 11.3 Å². The Morgan fingerprint density at radius 2 is 2.13 bits per heavy atom. The maximum Gasteiger partial charge on any atom is 0.310 e. The lowest BCUT2D eigenvalue weighted by Gasteiger charge is -2.26. The summed E-state index contributed by atoms with van der Waals surface area (Å²) in [5.74, 6) is -0.618. The Kier molecular flexibility index (Phi) is 5.08. The summed E-state index contributed by atoms with van der Waals surface area (Å²) in [4.78, 5) is 23.7. The first-order chi connectivity index (χ1) is 11.2. The van der Waals surface area contributed by atoms with Crippen LogP contribution < -0.4 is 5.32 Å². The summed E-state index contributed by atoms with van der Waals surface area (Å²) in [7, 11) is 0. The number of esters is 1. The normalized spacial score (nSPS) is 16.4. The Labute approximate surface area is 139 Å². The van der Waals surface area contributed by atoms with E-state index in [1.54, 1.807) is 0 Å². The minimum Gasteiger partial charge on any atom is -0.455 e. The predicted octanol–water partition coefficient (Wildman–Crippen LogP) is 3.03. The molecule has 1 aromatic heterocycles. The minimum absolute atomic E-state index is 0.0167. The molecule has 0 radical (unpaired) electrons. The van der Waals surface area contributed by atoms with E-state index >= 15 is 0 Å².